The van der Waals surface area contributed by atoms with Gasteiger partial charge in [0.1, 0.15) is 0 Å². The number of hydrogen-bond acceptors (Lipinski definition) is 3. The third kappa shape index (κ3) is 3.25. The number of nitrogens with one attached hydrogen (secondary N) is 1. The van der Waals surface area contributed by atoms with E-state index in [1.807, 2.05) is 19.2 Å². The van der Waals surface area contributed by atoms with Crippen molar-refractivity contribution in [3.63, 3.8) is 0 Å². The van der Waals surface area contributed by atoms with Crippen molar-refractivity contribution in [3.8, 4) is 6.07 Å². The molecule has 0 spiro atoms. The molecule has 0 radical (unpaired) electrons. The van der Waals surface area contributed by atoms with E-state index < -0.39 is 0 Å². The second-order valence-corrected chi connectivity index (χ2v) is 5.01. The molecule has 1 aromatic carbocycles. The lowest BCUT2D eigenvalue weighted by molar-refractivity contribution is 0.0950. The molecular weight excluding hydrogens is 320 g/mol. The van der Waals surface area contributed by atoms with Crippen molar-refractivity contribution in [3.05, 3.63) is 51.8 Å². The third-order valence-electron chi connectivity index (χ3n) is 2.78. The van der Waals surface area contributed by atoms with E-state index in [4.69, 9.17) is 5.26 Å². The maximum atomic E-state index is 12.0. The van der Waals surface area contributed by atoms with Crippen LogP contribution in [0.3, 0.4) is 0 Å². The number of amides is 1. The lowest BCUT2D eigenvalue weighted by Gasteiger charge is -2.04. The lowest BCUT2D eigenvalue weighted by Crippen LogP contribution is -2.23. The Morgan fingerprint density at radius 1 is 1.55 bits per heavy atom. The van der Waals surface area contributed by atoms with Crippen LogP contribution in [0.4, 0.5) is 0 Å². The fourth-order valence-corrected chi connectivity index (χ4v) is 2.17. The molecule has 2 rings (SSSR count). The van der Waals surface area contributed by atoms with E-state index in [1.165, 1.54) is 0 Å². The SMILES string of the molecule is CCn1cc(Br)c(CNC(=O)c2cccc(C#N)c2)n1. The molecule has 0 saturated carbocycles. The van der Waals surface area contributed by atoms with Crippen molar-refractivity contribution in [2.75, 3.05) is 0 Å². The van der Waals surface area contributed by atoms with Gasteiger partial charge in [-0.2, -0.15) is 10.4 Å². The topological polar surface area (TPSA) is 70.7 Å². The Bertz CT molecular complexity index is 672. The van der Waals surface area contributed by atoms with E-state index in [0.717, 1.165) is 16.7 Å². The quantitative estimate of drug-likeness (QED) is 0.934. The Labute approximate surface area is 125 Å². The number of nitrogens with zero attached hydrogens (tertiary/aromatic N) is 3. The predicted molar refractivity (Wildman–Crippen MR) is 77.9 cm³/mol. The van der Waals surface area contributed by atoms with Crippen molar-refractivity contribution >= 4 is 21.8 Å². The van der Waals surface area contributed by atoms with Gasteiger partial charge in [-0.1, -0.05) is 6.07 Å². The highest BCUT2D eigenvalue weighted by molar-refractivity contribution is 9.10. The van der Waals surface area contributed by atoms with E-state index in [9.17, 15) is 4.79 Å². The van der Waals surface area contributed by atoms with Gasteiger partial charge in [0, 0.05) is 18.3 Å². The minimum Gasteiger partial charge on any atom is -0.346 e. The van der Waals surface area contributed by atoms with Crippen molar-refractivity contribution in [2.24, 2.45) is 0 Å². The molecule has 1 amide bonds. The minimum absolute atomic E-state index is 0.222. The first-order valence-corrected chi connectivity index (χ1v) is 6.93. The van der Waals surface area contributed by atoms with Crippen molar-refractivity contribution in [1.82, 2.24) is 15.1 Å². The summed E-state index contributed by atoms with van der Waals surface area (Å²) >= 11 is 3.41. The maximum absolute atomic E-state index is 12.0. The molecule has 102 valence electrons. The van der Waals surface area contributed by atoms with E-state index in [2.05, 4.69) is 26.3 Å². The van der Waals surface area contributed by atoms with Crippen LogP contribution in [0.15, 0.2) is 34.9 Å². The summed E-state index contributed by atoms with van der Waals surface area (Å²) in [5.41, 5.74) is 1.71. The second-order valence-electron chi connectivity index (χ2n) is 4.15. The zero-order valence-corrected chi connectivity index (χ0v) is 12.5. The molecule has 20 heavy (non-hydrogen) atoms. The van der Waals surface area contributed by atoms with Crippen LogP contribution in [0.2, 0.25) is 0 Å². The van der Waals surface area contributed by atoms with Crippen molar-refractivity contribution in [1.29, 1.82) is 5.26 Å². The number of benzene rings is 1. The zero-order chi connectivity index (χ0) is 14.5. The molecule has 0 unspecified atom stereocenters. The summed E-state index contributed by atoms with van der Waals surface area (Å²) in [6, 6.07) is 8.61. The summed E-state index contributed by atoms with van der Waals surface area (Å²) in [5.74, 6) is -0.222. The molecule has 2 aromatic rings. The summed E-state index contributed by atoms with van der Waals surface area (Å²) in [7, 11) is 0. The normalized spacial score (nSPS) is 10.1. The van der Waals surface area contributed by atoms with Gasteiger partial charge in [-0.3, -0.25) is 9.48 Å². The first kappa shape index (κ1) is 14.3. The highest BCUT2D eigenvalue weighted by Gasteiger charge is 2.10. The Morgan fingerprint density at radius 3 is 3.00 bits per heavy atom. The molecule has 0 aliphatic heterocycles. The van der Waals surface area contributed by atoms with Gasteiger partial charge in [0.05, 0.1) is 28.3 Å². The third-order valence-corrected chi connectivity index (χ3v) is 3.44. The molecule has 0 aliphatic rings. The Morgan fingerprint density at radius 2 is 2.35 bits per heavy atom. The molecule has 0 aliphatic carbocycles. The predicted octanol–water partition coefficient (Wildman–Crippen LogP) is 2.47. The van der Waals surface area contributed by atoms with Gasteiger partial charge >= 0.3 is 0 Å². The first-order chi connectivity index (χ1) is 9.63. The number of halogens is 1. The fraction of sp³-hybridized carbons (Fsp3) is 0.214. The number of aryl methyl sites for hydroxylation is 1. The van der Waals surface area contributed by atoms with Crippen LogP contribution in [-0.4, -0.2) is 15.7 Å². The average Bonchev–Trinajstić information content (AvgIpc) is 2.85. The largest absolute Gasteiger partial charge is 0.346 e. The van der Waals surface area contributed by atoms with Crippen LogP contribution in [-0.2, 0) is 13.1 Å². The molecule has 0 fully saturated rings. The molecule has 6 heteroatoms. The number of hydrogen-bond donors (Lipinski definition) is 1. The summed E-state index contributed by atoms with van der Waals surface area (Å²) in [5, 5.41) is 15.9. The molecule has 0 atom stereocenters. The zero-order valence-electron chi connectivity index (χ0n) is 10.9. The average molecular weight is 333 g/mol. The highest BCUT2D eigenvalue weighted by Crippen LogP contribution is 2.14. The fourth-order valence-electron chi connectivity index (χ4n) is 1.71. The van der Waals surface area contributed by atoms with Crippen LogP contribution in [0, 0.1) is 11.3 Å². The van der Waals surface area contributed by atoms with E-state index in [1.54, 1.807) is 28.9 Å². The molecule has 5 nitrogen and oxygen atoms in total. The Balaban J connectivity index is 2.04. The van der Waals surface area contributed by atoms with Crippen LogP contribution < -0.4 is 5.32 Å². The Kier molecular flexibility index (Phi) is 4.53. The van der Waals surface area contributed by atoms with Crippen LogP contribution in [0.1, 0.15) is 28.5 Å². The lowest BCUT2D eigenvalue weighted by atomic mass is 10.1. The highest BCUT2D eigenvalue weighted by atomic mass is 79.9. The minimum atomic E-state index is -0.222. The molecule has 1 heterocycles. The number of aromatic nitrogens is 2. The standard InChI is InChI=1S/C14H13BrN4O/c1-2-19-9-12(15)13(18-19)8-17-14(20)11-5-3-4-10(6-11)7-16/h3-6,9H,2,8H2,1H3,(H,17,20). The number of nitriles is 1. The molecule has 1 aromatic heterocycles. The van der Waals surface area contributed by atoms with E-state index in [0.29, 0.717) is 17.7 Å². The van der Waals surface area contributed by atoms with Crippen LogP contribution >= 0.6 is 15.9 Å². The number of carbonyl (C=O) groups is 1. The molecular formula is C14H13BrN4O. The maximum Gasteiger partial charge on any atom is 0.251 e. The van der Waals surface area contributed by atoms with E-state index >= 15 is 0 Å². The van der Waals surface area contributed by atoms with Crippen LogP contribution in [0.5, 0.6) is 0 Å². The van der Waals surface area contributed by atoms with Gasteiger partial charge in [-0.25, -0.2) is 0 Å². The van der Waals surface area contributed by atoms with Gasteiger partial charge in [0.15, 0.2) is 0 Å². The smallest absolute Gasteiger partial charge is 0.251 e. The van der Waals surface area contributed by atoms with Gasteiger partial charge in [-0.05, 0) is 41.1 Å². The van der Waals surface area contributed by atoms with Crippen LogP contribution in [0.25, 0.3) is 0 Å². The number of carbonyl (C=O) groups excluding carboxylic acids is 1. The van der Waals surface area contributed by atoms with Gasteiger partial charge < -0.3 is 5.32 Å². The van der Waals surface area contributed by atoms with E-state index in [-0.39, 0.29) is 5.91 Å². The Hall–Kier alpha value is -2.13. The van der Waals surface area contributed by atoms with Crippen molar-refractivity contribution in [2.45, 2.75) is 20.0 Å². The molecule has 0 bridgehead atoms. The summed E-state index contributed by atoms with van der Waals surface area (Å²) < 4.78 is 2.66. The summed E-state index contributed by atoms with van der Waals surface area (Å²) in [6.45, 7) is 3.11. The summed E-state index contributed by atoms with van der Waals surface area (Å²) in [6.07, 6.45) is 1.87. The second kappa shape index (κ2) is 6.35. The molecule has 0 saturated heterocycles. The van der Waals surface area contributed by atoms with Gasteiger partial charge in [-0.15, -0.1) is 0 Å². The summed E-state index contributed by atoms with van der Waals surface area (Å²) in [4.78, 5) is 12.0. The monoisotopic (exact) mass is 332 g/mol. The van der Waals surface area contributed by atoms with Gasteiger partial charge in [0.25, 0.3) is 5.91 Å². The van der Waals surface area contributed by atoms with Crippen molar-refractivity contribution < 1.29 is 4.79 Å². The first-order valence-electron chi connectivity index (χ1n) is 6.14. The molecule has 1 N–H and O–H groups in total. The number of rotatable bonds is 4. The van der Waals surface area contributed by atoms with Gasteiger partial charge in [0.2, 0.25) is 0 Å².